The summed E-state index contributed by atoms with van der Waals surface area (Å²) >= 11 is 7.49. The minimum Gasteiger partial charge on any atom is -0.310 e. The highest BCUT2D eigenvalue weighted by atomic mass is 35.5. The molecular formula is C24H16ClF2N3OS. The first-order valence-corrected chi connectivity index (χ1v) is 11.2. The van der Waals surface area contributed by atoms with E-state index in [1.165, 1.54) is 36.0 Å². The van der Waals surface area contributed by atoms with Gasteiger partial charge in [0, 0.05) is 16.1 Å². The number of hydrogen-bond donors (Lipinski definition) is 1. The van der Waals surface area contributed by atoms with E-state index in [0.29, 0.717) is 27.8 Å². The number of halogens is 3. The first kappa shape index (κ1) is 20.7. The standard InChI is InChI=1S/C24H16ClF2N3OS/c25-16-5-11-19(12-6-16)30-24-21(22(29-30)14-1-7-17(26)8-2-14)23(32-13-20(31)28-24)15-3-9-18(27)10-4-15/h1-12,23H,13H2,(H,28,31). The largest absolute Gasteiger partial charge is 0.310 e. The third-order valence-corrected chi connectivity index (χ3v) is 6.71. The molecule has 1 aliphatic heterocycles. The number of nitrogens with zero attached hydrogens (tertiary/aromatic N) is 2. The van der Waals surface area contributed by atoms with Crippen molar-refractivity contribution in [2.45, 2.75) is 5.25 Å². The Hall–Kier alpha value is -3.16. The van der Waals surface area contributed by atoms with E-state index in [9.17, 15) is 13.6 Å². The smallest absolute Gasteiger partial charge is 0.235 e. The highest BCUT2D eigenvalue weighted by Gasteiger charge is 2.32. The van der Waals surface area contributed by atoms with E-state index in [0.717, 1.165) is 11.1 Å². The molecule has 0 saturated carbocycles. The van der Waals surface area contributed by atoms with Crippen molar-refractivity contribution in [2.24, 2.45) is 0 Å². The van der Waals surface area contributed by atoms with Crippen LogP contribution >= 0.6 is 23.4 Å². The Kier molecular flexibility index (Phi) is 5.45. The van der Waals surface area contributed by atoms with Crippen molar-refractivity contribution in [3.8, 4) is 16.9 Å². The van der Waals surface area contributed by atoms with Crippen LogP contribution < -0.4 is 5.32 Å². The lowest BCUT2D eigenvalue weighted by molar-refractivity contribution is -0.113. The van der Waals surface area contributed by atoms with Gasteiger partial charge < -0.3 is 5.32 Å². The van der Waals surface area contributed by atoms with E-state index < -0.39 is 0 Å². The van der Waals surface area contributed by atoms with Gasteiger partial charge in [0.2, 0.25) is 5.91 Å². The van der Waals surface area contributed by atoms with E-state index in [2.05, 4.69) is 5.32 Å². The maximum Gasteiger partial charge on any atom is 0.235 e. The molecular weight excluding hydrogens is 452 g/mol. The third kappa shape index (κ3) is 3.89. The fourth-order valence-electron chi connectivity index (χ4n) is 3.70. The maximum absolute atomic E-state index is 13.6. The molecule has 4 aromatic rings. The van der Waals surface area contributed by atoms with Gasteiger partial charge in [0.15, 0.2) is 0 Å². The molecule has 32 heavy (non-hydrogen) atoms. The minimum atomic E-state index is -0.352. The molecule has 1 atom stereocenters. The summed E-state index contributed by atoms with van der Waals surface area (Å²) in [4.78, 5) is 12.6. The Labute approximate surface area is 192 Å². The molecule has 1 aliphatic rings. The number of benzene rings is 3. The van der Waals surface area contributed by atoms with Gasteiger partial charge in [-0.2, -0.15) is 5.10 Å². The second-order valence-electron chi connectivity index (χ2n) is 7.30. The SMILES string of the molecule is O=C1CSC(c2ccc(F)cc2)c2c(-c3ccc(F)cc3)nn(-c3ccc(Cl)cc3)c2N1. The summed E-state index contributed by atoms with van der Waals surface area (Å²) < 4.78 is 28.9. The van der Waals surface area contributed by atoms with Crippen LogP contribution in [0.1, 0.15) is 16.4 Å². The monoisotopic (exact) mass is 467 g/mol. The molecule has 8 heteroatoms. The fraction of sp³-hybridized carbons (Fsp3) is 0.0833. The van der Waals surface area contributed by atoms with Crippen LogP contribution in [-0.4, -0.2) is 21.4 Å². The second kappa shape index (κ2) is 8.41. The van der Waals surface area contributed by atoms with Gasteiger partial charge in [0.1, 0.15) is 17.5 Å². The van der Waals surface area contributed by atoms with Crippen molar-refractivity contribution in [1.29, 1.82) is 0 Å². The quantitative estimate of drug-likeness (QED) is 0.387. The van der Waals surface area contributed by atoms with Crippen LogP contribution in [0.2, 0.25) is 5.02 Å². The number of carbonyl (C=O) groups excluding carboxylic acids is 1. The summed E-state index contributed by atoms with van der Waals surface area (Å²) in [6, 6.07) is 19.4. The Bertz CT molecular complexity index is 1290. The molecule has 0 fully saturated rings. The normalized spacial score (nSPS) is 15.7. The number of thioether (sulfide) groups is 1. The van der Waals surface area contributed by atoms with Gasteiger partial charge in [-0.25, -0.2) is 13.5 Å². The number of amides is 1. The van der Waals surface area contributed by atoms with Gasteiger partial charge in [-0.1, -0.05) is 23.7 Å². The molecule has 1 aromatic heterocycles. The summed E-state index contributed by atoms with van der Waals surface area (Å²) in [5.41, 5.74) is 3.64. The molecule has 1 unspecified atom stereocenters. The van der Waals surface area contributed by atoms with Gasteiger partial charge in [-0.3, -0.25) is 4.79 Å². The Balaban J connectivity index is 1.77. The van der Waals surface area contributed by atoms with Crippen LogP contribution in [0.25, 0.3) is 16.9 Å². The van der Waals surface area contributed by atoms with Crippen molar-refractivity contribution in [3.05, 3.63) is 101 Å². The van der Waals surface area contributed by atoms with Crippen LogP contribution in [0.3, 0.4) is 0 Å². The van der Waals surface area contributed by atoms with Crippen molar-refractivity contribution in [1.82, 2.24) is 9.78 Å². The number of anilines is 1. The number of carbonyl (C=O) groups is 1. The zero-order chi connectivity index (χ0) is 22.2. The van der Waals surface area contributed by atoms with Crippen molar-refractivity contribution in [2.75, 3.05) is 11.1 Å². The zero-order valence-electron chi connectivity index (χ0n) is 16.6. The average molecular weight is 468 g/mol. The van der Waals surface area contributed by atoms with Gasteiger partial charge in [0.25, 0.3) is 0 Å². The first-order chi connectivity index (χ1) is 15.5. The highest BCUT2D eigenvalue weighted by molar-refractivity contribution is 8.00. The molecule has 0 aliphatic carbocycles. The van der Waals surface area contributed by atoms with E-state index in [4.69, 9.17) is 16.7 Å². The summed E-state index contributed by atoms with van der Waals surface area (Å²) in [5.74, 6) is -0.107. The van der Waals surface area contributed by atoms with E-state index in [1.54, 1.807) is 53.2 Å². The Morgan fingerprint density at radius 1 is 0.938 bits per heavy atom. The number of rotatable bonds is 3. The lowest BCUT2D eigenvalue weighted by Gasteiger charge is -2.16. The Morgan fingerprint density at radius 3 is 2.22 bits per heavy atom. The summed E-state index contributed by atoms with van der Waals surface area (Å²) in [5, 5.41) is 8.08. The second-order valence-corrected chi connectivity index (χ2v) is 8.83. The van der Waals surface area contributed by atoms with Crippen LogP contribution in [-0.2, 0) is 4.79 Å². The summed E-state index contributed by atoms with van der Waals surface area (Å²) in [7, 11) is 0. The predicted octanol–water partition coefficient (Wildman–Crippen LogP) is 6.25. The molecule has 160 valence electrons. The van der Waals surface area contributed by atoms with Crippen LogP contribution in [0.5, 0.6) is 0 Å². The minimum absolute atomic E-state index is 0.165. The van der Waals surface area contributed by atoms with Gasteiger partial charge in [-0.05, 0) is 66.2 Å². The number of nitrogens with one attached hydrogen (secondary N) is 1. The maximum atomic E-state index is 13.6. The number of fused-ring (bicyclic) bond motifs is 1. The number of hydrogen-bond acceptors (Lipinski definition) is 3. The number of aromatic nitrogens is 2. The molecule has 4 nitrogen and oxygen atoms in total. The summed E-state index contributed by atoms with van der Waals surface area (Å²) in [6.07, 6.45) is 0. The van der Waals surface area contributed by atoms with Crippen molar-refractivity contribution in [3.63, 3.8) is 0 Å². The van der Waals surface area contributed by atoms with E-state index >= 15 is 0 Å². The molecule has 2 heterocycles. The van der Waals surface area contributed by atoms with Gasteiger partial charge >= 0.3 is 0 Å². The summed E-state index contributed by atoms with van der Waals surface area (Å²) in [6.45, 7) is 0. The predicted molar refractivity (Wildman–Crippen MR) is 123 cm³/mol. The van der Waals surface area contributed by atoms with Crippen molar-refractivity contribution >= 4 is 35.1 Å². The molecule has 0 spiro atoms. The topological polar surface area (TPSA) is 46.9 Å². The fourth-order valence-corrected chi connectivity index (χ4v) is 4.96. The average Bonchev–Trinajstić information content (AvgIpc) is 3.05. The molecule has 1 N–H and O–H groups in total. The Morgan fingerprint density at radius 2 is 1.56 bits per heavy atom. The lowest BCUT2D eigenvalue weighted by Crippen LogP contribution is -2.15. The van der Waals surface area contributed by atoms with E-state index in [1.807, 2.05) is 0 Å². The highest BCUT2D eigenvalue weighted by Crippen LogP contribution is 2.46. The lowest BCUT2D eigenvalue weighted by atomic mass is 10.00. The molecule has 0 saturated heterocycles. The zero-order valence-corrected chi connectivity index (χ0v) is 18.1. The molecule has 0 radical (unpaired) electrons. The van der Waals surface area contributed by atoms with Crippen LogP contribution in [0.15, 0.2) is 72.8 Å². The first-order valence-electron chi connectivity index (χ1n) is 9.81. The molecule has 0 bridgehead atoms. The molecule has 1 amide bonds. The van der Waals surface area contributed by atoms with Crippen molar-refractivity contribution < 1.29 is 13.6 Å². The van der Waals surface area contributed by atoms with Crippen LogP contribution in [0, 0.1) is 11.6 Å². The van der Waals surface area contributed by atoms with Gasteiger partial charge in [-0.15, -0.1) is 11.8 Å². The van der Waals surface area contributed by atoms with Gasteiger partial charge in [0.05, 0.1) is 22.4 Å². The molecule has 5 rings (SSSR count). The van der Waals surface area contributed by atoms with E-state index in [-0.39, 0.29) is 28.5 Å². The molecule has 3 aromatic carbocycles. The van der Waals surface area contributed by atoms with Crippen LogP contribution in [0.4, 0.5) is 14.6 Å². The third-order valence-electron chi connectivity index (χ3n) is 5.18.